The van der Waals surface area contributed by atoms with Gasteiger partial charge >= 0.3 is 11.9 Å². The summed E-state index contributed by atoms with van der Waals surface area (Å²) in [6.07, 6.45) is 3.66. The van der Waals surface area contributed by atoms with E-state index < -0.39 is 11.9 Å². The monoisotopic (exact) mass is 255 g/mol. The number of carbonyl (C=O) groups is 2. The van der Waals surface area contributed by atoms with Gasteiger partial charge in [-0.1, -0.05) is 0 Å². The number of aromatic amines is 1. The Hall–Kier alpha value is -2.51. The molecule has 98 valence electrons. The van der Waals surface area contributed by atoms with Crippen molar-refractivity contribution >= 4 is 17.8 Å². The van der Waals surface area contributed by atoms with Crippen LogP contribution in [-0.4, -0.2) is 40.5 Å². The van der Waals surface area contributed by atoms with Crippen LogP contribution in [0.3, 0.4) is 0 Å². The number of carboxylic acid groups (broad SMARTS) is 1. The second-order valence-electron chi connectivity index (χ2n) is 3.20. The van der Waals surface area contributed by atoms with Crippen molar-refractivity contribution in [1.82, 2.24) is 10.2 Å². The van der Waals surface area contributed by atoms with Crippen molar-refractivity contribution in [2.75, 3.05) is 18.9 Å². The van der Waals surface area contributed by atoms with Crippen LogP contribution < -0.4 is 5.73 Å². The van der Waals surface area contributed by atoms with Crippen LogP contribution in [0.2, 0.25) is 0 Å². The summed E-state index contributed by atoms with van der Waals surface area (Å²) in [5.74, 6) is -1.50. The number of rotatable bonds is 7. The zero-order chi connectivity index (χ0) is 13.4. The lowest BCUT2D eigenvalue weighted by Gasteiger charge is -2.03. The topological polar surface area (TPSA) is 128 Å². The number of carbonyl (C=O) groups excluding carboxylic acids is 1. The van der Waals surface area contributed by atoms with Gasteiger partial charge in [0.05, 0.1) is 31.7 Å². The van der Waals surface area contributed by atoms with Crippen LogP contribution in [0.25, 0.3) is 0 Å². The van der Waals surface area contributed by atoms with Gasteiger partial charge in [0.25, 0.3) is 0 Å². The molecule has 0 aliphatic carbocycles. The number of hydrogen-bond donors (Lipinski definition) is 3. The van der Waals surface area contributed by atoms with Gasteiger partial charge in [0.15, 0.2) is 0 Å². The molecular formula is C10H13N3O5. The van der Waals surface area contributed by atoms with E-state index in [1.54, 1.807) is 0 Å². The van der Waals surface area contributed by atoms with Gasteiger partial charge in [-0.05, 0) is 0 Å². The Morgan fingerprint density at radius 3 is 2.89 bits per heavy atom. The van der Waals surface area contributed by atoms with E-state index in [1.165, 1.54) is 6.20 Å². The minimum atomic E-state index is -1.09. The maximum absolute atomic E-state index is 11.4. The first-order valence-electron chi connectivity index (χ1n) is 5.08. The summed E-state index contributed by atoms with van der Waals surface area (Å²) in [6.45, 7) is 0.391. The van der Waals surface area contributed by atoms with Crippen LogP contribution >= 0.6 is 0 Å². The molecule has 8 nitrogen and oxygen atoms in total. The molecule has 0 atom stereocenters. The molecule has 0 spiro atoms. The second kappa shape index (κ2) is 6.94. The lowest BCUT2D eigenvalue weighted by atomic mass is 10.3. The molecule has 0 saturated heterocycles. The number of H-pyrrole nitrogens is 1. The lowest BCUT2D eigenvalue weighted by Crippen LogP contribution is -2.09. The number of ether oxygens (including phenoxy) is 2. The minimum Gasteiger partial charge on any atom is -0.501 e. The number of aliphatic carboxylic acids is 1. The van der Waals surface area contributed by atoms with Gasteiger partial charge in [0, 0.05) is 6.42 Å². The van der Waals surface area contributed by atoms with E-state index in [-0.39, 0.29) is 24.6 Å². The maximum atomic E-state index is 11.4. The van der Waals surface area contributed by atoms with Crippen molar-refractivity contribution < 1.29 is 24.2 Å². The molecule has 0 fully saturated rings. The fourth-order valence-electron chi connectivity index (χ4n) is 1.02. The molecule has 0 aliphatic heterocycles. The standard InChI is InChI=1S/C10H13N3O5/c11-9-7(6-12-13-9)10(16)18-4-1-3-17-5-2-8(14)15/h2,5-6H,1,3-4H2,(H,14,15)(H3,11,12,13)/b5-2+. The number of aromatic nitrogens is 2. The van der Waals surface area contributed by atoms with Crippen LogP contribution in [0.4, 0.5) is 5.82 Å². The fraction of sp³-hybridized carbons (Fsp3) is 0.300. The molecule has 4 N–H and O–H groups in total. The molecular weight excluding hydrogens is 242 g/mol. The normalized spacial score (nSPS) is 10.4. The molecule has 0 amide bonds. The van der Waals surface area contributed by atoms with E-state index in [0.29, 0.717) is 6.42 Å². The zero-order valence-corrected chi connectivity index (χ0v) is 9.46. The Morgan fingerprint density at radius 1 is 1.50 bits per heavy atom. The molecule has 18 heavy (non-hydrogen) atoms. The first-order chi connectivity index (χ1) is 8.61. The predicted octanol–water partition coefficient (Wildman–Crippen LogP) is 0.154. The first-order valence-corrected chi connectivity index (χ1v) is 5.08. The summed E-state index contributed by atoms with van der Waals surface area (Å²) in [4.78, 5) is 21.5. The predicted molar refractivity (Wildman–Crippen MR) is 60.6 cm³/mol. The maximum Gasteiger partial charge on any atom is 0.343 e. The molecule has 0 aromatic carbocycles. The molecule has 1 rings (SSSR count). The Morgan fingerprint density at radius 2 is 2.28 bits per heavy atom. The molecule has 0 unspecified atom stereocenters. The summed E-state index contributed by atoms with van der Waals surface area (Å²) in [5, 5.41) is 14.3. The van der Waals surface area contributed by atoms with Crippen molar-refractivity contribution in [2.24, 2.45) is 0 Å². The number of hydrogen-bond acceptors (Lipinski definition) is 6. The van der Waals surface area contributed by atoms with E-state index in [1.807, 2.05) is 0 Å². The molecule has 1 aromatic rings. The van der Waals surface area contributed by atoms with Gasteiger partial charge in [-0.15, -0.1) is 0 Å². The highest BCUT2D eigenvalue weighted by molar-refractivity contribution is 5.93. The fourth-order valence-corrected chi connectivity index (χ4v) is 1.02. The average Bonchev–Trinajstić information content (AvgIpc) is 2.73. The molecule has 8 heteroatoms. The number of anilines is 1. The Labute approximate surface area is 102 Å². The average molecular weight is 255 g/mol. The van der Waals surface area contributed by atoms with Gasteiger partial charge in [-0.25, -0.2) is 9.59 Å². The van der Waals surface area contributed by atoms with Crippen LogP contribution in [0, 0.1) is 0 Å². The van der Waals surface area contributed by atoms with Gasteiger partial charge in [0.2, 0.25) is 0 Å². The van der Waals surface area contributed by atoms with E-state index in [0.717, 1.165) is 12.3 Å². The summed E-state index contributed by atoms with van der Waals surface area (Å²) in [7, 11) is 0. The molecule has 0 radical (unpaired) electrons. The SMILES string of the molecule is Nc1[nH]ncc1C(=O)OCCCO/C=C/C(=O)O. The van der Waals surface area contributed by atoms with Crippen molar-refractivity contribution in [1.29, 1.82) is 0 Å². The van der Waals surface area contributed by atoms with Crippen molar-refractivity contribution in [3.05, 3.63) is 24.1 Å². The Bertz CT molecular complexity index is 440. The highest BCUT2D eigenvalue weighted by Gasteiger charge is 2.12. The zero-order valence-electron chi connectivity index (χ0n) is 9.46. The van der Waals surface area contributed by atoms with Crippen molar-refractivity contribution in [3.8, 4) is 0 Å². The number of nitrogen functional groups attached to an aromatic ring is 1. The van der Waals surface area contributed by atoms with E-state index >= 15 is 0 Å². The molecule has 1 heterocycles. The lowest BCUT2D eigenvalue weighted by molar-refractivity contribution is -0.131. The number of nitrogens with zero attached hydrogens (tertiary/aromatic N) is 1. The number of nitrogens with one attached hydrogen (secondary N) is 1. The molecule has 0 aliphatic rings. The quantitative estimate of drug-likeness (QED) is 0.274. The Balaban J connectivity index is 2.13. The van der Waals surface area contributed by atoms with E-state index in [2.05, 4.69) is 10.2 Å². The number of nitrogens with two attached hydrogens (primary N) is 1. The second-order valence-corrected chi connectivity index (χ2v) is 3.20. The van der Waals surface area contributed by atoms with Crippen molar-refractivity contribution in [2.45, 2.75) is 6.42 Å². The van der Waals surface area contributed by atoms with Gasteiger partial charge < -0.3 is 20.3 Å². The summed E-state index contributed by atoms with van der Waals surface area (Å²) in [5.41, 5.74) is 5.61. The third-order valence-corrected chi connectivity index (χ3v) is 1.84. The summed E-state index contributed by atoms with van der Waals surface area (Å²) >= 11 is 0. The van der Waals surface area contributed by atoms with E-state index in [9.17, 15) is 9.59 Å². The highest BCUT2D eigenvalue weighted by atomic mass is 16.5. The smallest absolute Gasteiger partial charge is 0.343 e. The number of esters is 1. The first kappa shape index (κ1) is 13.6. The highest BCUT2D eigenvalue weighted by Crippen LogP contribution is 2.07. The van der Waals surface area contributed by atoms with Crippen LogP contribution in [0.15, 0.2) is 18.5 Å². The molecule has 0 saturated carbocycles. The minimum absolute atomic E-state index is 0.143. The summed E-state index contributed by atoms with van der Waals surface area (Å²) in [6, 6.07) is 0. The third kappa shape index (κ3) is 4.56. The van der Waals surface area contributed by atoms with Crippen molar-refractivity contribution in [3.63, 3.8) is 0 Å². The number of carboxylic acids is 1. The van der Waals surface area contributed by atoms with Crippen LogP contribution in [0.5, 0.6) is 0 Å². The Kier molecular flexibility index (Phi) is 5.23. The van der Waals surface area contributed by atoms with Gasteiger partial charge in [-0.3, -0.25) is 5.10 Å². The van der Waals surface area contributed by atoms with E-state index in [4.69, 9.17) is 20.3 Å². The molecule has 1 aromatic heterocycles. The molecule has 0 bridgehead atoms. The third-order valence-electron chi connectivity index (χ3n) is 1.84. The van der Waals surface area contributed by atoms with Gasteiger partial charge in [-0.2, -0.15) is 5.10 Å². The van der Waals surface area contributed by atoms with Crippen LogP contribution in [-0.2, 0) is 14.3 Å². The van der Waals surface area contributed by atoms with Gasteiger partial charge in [0.1, 0.15) is 11.4 Å². The largest absolute Gasteiger partial charge is 0.501 e. The van der Waals surface area contributed by atoms with Crippen LogP contribution in [0.1, 0.15) is 16.8 Å². The summed E-state index contributed by atoms with van der Waals surface area (Å²) < 4.78 is 9.74.